The lowest BCUT2D eigenvalue weighted by molar-refractivity contribution is -0.141. The highest BCUT2D eigenvalue weighted by Gasteiger charge is 2.22. The third-order valence-electron chi connectivity index (χ3n) is 3.06. The van der Waals surface area contributed by atoms with E-state index in [1.165, 1.54) is 11.8 Å². The van der Waals surface area contributed by atoms with Gasteiger partial charge in [0.25, 0.3) is 5.91 Å². The predicted octanol–water partition coefficient (Wildman–Crippen LogP) is 1.63. The molecule has 1 aromatic rings. The third kappa shape index (κ3) is 5.25. The van der Waals surface area contributed by atoms with Gasteiger partial charge in [0.05, 0.1) is 12.3 Å². The number of hydrogen-bond acceptors (Lipinski definition) is 3. The number of nitrogens with zero attached hydrogens (tertiary/aromatic N) is 1. The number of carbonyl (C=O) groups excluding carboxylic acids is 1. The summed E-state index contributed by atoms with van der Waals surface area (Å²) < 4.78 is 0. The molecule has 6 heteroatoms. The van der Waals surface area contributed by atoms with Gasteiger partial charge in [-0.2, -0.15) is 0 Å². The maximum atomic E-state index is 12.4. The second kappa shape index (κ2) is 7.42. The molecule has 6 nitrogen and oxygen atoms in total. The van der Waals surface area contributed by atoms with E-state index in [4.69, 9.17) is 10.2 Å². The molecule has 0 aliphatic carbocycles. The van der Waals surface area contributed by atoms with E-state index >= 15 is 0 Å². The van der Waals surface area contributed by atoms with Gasteiger partial charge in [-0.15, -0.1) is 0 Å². The van der Waals surface area contributed by atoms with Gasteiger partial charge in [-0.3, -0.25) is 14.4 Å². The van der Waals surface area contributed by atoms with E-state index in [1.54, 1.807) is 18.2 Å². The van der Waals surface area contributed by atoms with Gasteiger partial charge in [0.15, 0.2) is 0 Å². The molecule has 1 amide bonds. The fraction of sp³-hybridized carbons (Fsp3) is 0.400. The first-order valence-electron chi connectivity index (χ1n) is 6.61. The van der Waals surface area contributed by atoms with Crippen molar-refractivity contribution in [3.63, 3.8) is 0 Å². The van der Waals surface area contributed by atoms with E-state index in [0.29, 0.717) is 5.56 Å². The second-order valence-electron chi connectivity index (χ2n) is 5.00. The number of carboxylic acids is 2. The molecule has 0 radical (unpaired) electrons. The molecular weight excluding hydrogens is 274 g/mol. The van der Waals surface area contributed by atoms with Gasteiger partial charge in [0.1, 0.15) is 0 Å². The number of carboxylic acid groups (broad SMARTS) is 2. The molecule has 0 saturated heterocycles. The minimum atomic E-state index is -1.03. The number of rotatable bonds is 7. The molecule has 0 heterocycles. The summed E-state index contributed by atoms with van der Waals surface area (Å²) in [4.78, 5) is 35.3. The Labute approximate surface area is 123 Å². The highest BCUT2D eigenvalue weighted by Crippen LogP contribution is 2.11. The molecule has 1 atom stereocenters. The zero-order chi connectivity index (χ0) is 16.0. The van der Waals surface area contributed by atoms with Crippen LogP contribution in [0.4, 0.5) is 0 Å². The van der Waals surface area contributed by atoms with E-state index in [0.717, 1.165) is 5.56 Å². The Bertz CT molecular complexity index is 541. The minimum Gasteiger partial charge on any atom is -0.481 e. The summed E-state index contributed by atoms with van der Waals surface area (Å²) in [6.45, 7) is 3.30. The lowest BCUT2D eigenvalue weighted by Crippen LogP contribution is -2.38. The van der Waals surface area contributed by atoms with Crippen LogP contribution in [0.3, 0.4) is 0 Å². The largest absolute Gasteiger partial charge is 0.481 e. The molecule has 1 unspecified atom stereocenters. The summed E-state index contributed by atoms with van der Waals surface area (Å²) in [6, 6.07) is 6.91. The average molecular weight is 293 g/mol. The van der Waals surface area contributed by atoms with Gasteiger partial charge >= 0.3 is 11.9 Å². The SMILES string of the molecule is Cc1cccc(C(=O)N(CCC(=O)O)CC(C)C(=O)O)c1. The summed E-state index contributed by atoms with van der Waals surface area (Å²) in [7, 11) is 0. The van der Waals surface area contributed by atoms with Gasteiger partial charge in [-0.25, -0.2) is 0 Å². The number of hydrogen-bond donors (Lipinski definition) is 2. The quantitative estimate of drug-likeness (QED) is 0.796. The lowest BCUT2D eigenvalue weighted by atomic mass is 10.1. The maximum Gasteiger partial charge on any atom is 0.308 e. The minimum absolute atomic E-state index is 0.0142. The van der Waals surface area contributed by atoms with Crippen LogP contribution >= 0.6 is 0 Å². The highest BCUT2D eigenvalue weighted by atomic mass is 16.4. The Kier molecular flexibility index (Phi) is 5.90. The van der Waals surface area contributed by atoms with Crippen LogP contribution in [0.2, 0.25) is 0 Å². The Morgan fingerprint density at radius 2 is 1.90 bits per heavy atom. The Balaban J connectivity index is 2.90. The number of aliphatic carboxylic acids is 2. The molecule has 0 aliphatic heterocycles. The van der Waals surface area contributed by atoms with Gasteiger partial charge in [0, 0.05) is 18.7 Å². The van der Waals surface area contributed by atoms with Crippen molar-refractivity contribution in [2.45, 2.75) is 20.3 Å². The fourth-order valence-electron chi connectivity index (χ4n) is 1.88. The zero-order valence-corrected chi connectivity index (χ0v) is 12.1. The Morgan fingerprint density at radius 1 is 1.24 bits per heavy atom. The van der Waals surface area contributed by atoms with E-state index in [-0.39, 0.29) is 25.4 Å². The number of carbonyl (C=O) groups is 3. The molecule has 114 valence electrons. The van der Waals surface area contributed by atoms with Crippen molar-refractivity contribution in [1.82, 2.24) is 4.90 Å². The lowest BCUT2D eigenvalue weighted by Gasteiger charge is -2.24. The monoisotopic (exact) mass is 293 g/mol. The molecule has 0 aliphatic rings. The maximum absolute atomic E-state index is 12.4. The third-order valence-corrected chi connectivity index (χ3v) is 3.06. The molecule has 0 fully saturated rings. The molecule has 0 aromatic heterocycles. The fourth-order valence-corrected chi connectivity index (χ4v) is 1.88. The molecule has 21 heavy (non-hydrogen) atoms. The van der Waals surface area contributed by atoms with Gasteiger partial charge in [-0.1, -0.05) is 24.6 Å². The summed E-state index contributed by atoms with van der Waals surface area (Å²) in [5.41, 5.74) is 1.34. The molecule has 0 bridgehead atoms. The summed E-state index contributed by atoms with van der Waals surface area (Å²) in [5.74, 6) is -3.16. The van der Waals surface area contributed by atoms with Crippen molar-refractivity contribution in [1.29, 1.82) is 0 Å². The molecule has 0 spiro atoms. The van der Waals surface area contributed by atoms with Crippen LogP contribution in [0.15, 0.2) is 24.3 Å². The number of amides is 1. The molecule has 2 N–H and O–H groups in total. The molecule has 1 aromatic carbocycles. The van der Waals surface area contributed by atoms with Crippen LogP contribution in [0.1, 0.15) is 29.3 Å². The van der Waals surface area contributed by atoms with Crippen molar-refractivity contribution < 1.29 is 24.6 Å². The number of aryl methyl sites for hydroxylation is 1. The van der Waals surface area contributed by atoms with Crippen molar-refractivity contribution >= 4 is 17.8 Å². The van der Waals surface area contributed by atoms with Gasteiger partial charge < -0.3 is 15.1 Å². The van der Waals surface area contributed by atoms with Crippen LogP contribution in [-0.4, -0.2) is 46.0 Å². The van der Waals surface area contributed by atoms with Crippen molar-refractivity contribution in [2.75, 3.05) is 13.1 Å². The van der Waals surface area contributed by atoms with Crippen LogP contribution < -0.4 is 0 Å². The van der Waals surface area contributed by atoms with E-state index in [2.05, 4.69) is 0 Å². The zero-order valence-electron chi connectivity index (χ0n) is 12.1. The van der Waals surface area contributed by atoms with Crippen LogP contribution in [0, 0.1) is 12.8 Å². The van der Waals surface area contributed by atoms with Gasteiger partial charge in [0.2, 0.25) is 0 Å². The standard InChI is InChI=1S/C15H19NO5/c1-10-4-3-5-12(8-10)14(19)16(7-6-13(17)18)9-11(2)15(20)21/h3-5,8,11H,6-7,9H2,1-2H3,(H,17,18)(H,20,21). The van der Waals surface area contributed by atoms with Crippen molar-refractivity contribution in [3.8, 4) is 0 Å². The first-order valence-corrected chi connectivity index (χ1v) is 6.61. The van der Waals surface area contributed by atoms with Crippen molar-refractivity contribution in [3.05, 3.63) is 35.4 Å². The average Bonchev–Trinajstić information content (AvgIpc) is 2.42. The summed E-state index contributed by atoms with van der Waals surface area (Å²) >= 11 is 0. The first kappa shape index (κ1) is 16.7. The smallest absolute Gasteiger partial charge is 0.308 e. The predicted molar refractivity (Wildman–Crippen MR) is 76.1 cm³/mol. The van der Waals surface area contributed by atoms with Crippen LogP contribution in [0.5, 0.6) is 0 Å². The Hall–Kier alpha value is -2.37. The van der Waals surface area contributed by atoms with Crippen molar-refractivity contribution in [2.24, 2.45) is 5.92 Å². The topological polar surface area (TPSA) is 94.9 Å². The highest BCUT2D eigenvalue weighted by molar-refractivity contribution is 5.94. The van der Waals surface area contributed by atoms with Crippen LogP contribution in [-0.2, 0) is 9.59 Å². The number of benzene rings is 1. The van der Waals surface area contributed by atoms with Crippen LogP contribution in [0.25, 0.3) is 0 Å². The van der Waals surface area contributed by atoms with E-state index in [1.807, 2.05) is 13.0 Å². The summed E-state index contributed by atoms with van der Waals surface area (Å²) in [6.07, 6.45) is -0.218. The molecule has 1 rings (SSSR count). The summed E-state index contributed by atoms with van der Waals surface area (Å²) in [5, 5.41) is 17.7. The Morgan fingerprint density at radius 3 is 2.43 bits per heavy atom. The second-order valence-corrected chi connectivity index (χ2v) is 5.00. The molecular formula is C15H19NO5. The van der Waals surface area contributed by atoms with Gasteiger partial charge in [-0.05, 0) is 19.1 Å². The van der Waals surface area contributed by atoms with E-state index in [9.17, 15) is 14.4 Å². The van der Waals surface area contributed by atoms with E-state index < -0.39 is 17.9 Å². The first-order chi connectivity index (χ1) is 9.81. The normalized spacial score (nSPS) is 11.7. The molecule has 0 saturated carbocycles.